The molecule has 0 aromatic rings. The van der Waals surface area contributed by atoms with Crippen molar-refractivity contribution in [1.82, 2.24) is 9.80 Å². The smallest absolute Gasteiger partial charge is 0.228 e. The maximum atomic E-state index is 12.6. The molecule has 3 fully saturated rings. The molecular formula is C15H24N2O5S. The van der Waals surface area contributed by atoms with E-state index in [1.165, 1.54) is 4.90 Å². The van der Waals surface area contributed by atoms with Crippen LogP contribution in [0, 0.1) is 5.92 Å². The van der Waals surface area contributed by atoms with Gasteiger partial charge in [0.25, 0.3) is 0 Å². The molecule has 3 atom stereocenters. The number of carbonyl (C=O) groups is 2. The molecule has 0 aliphatic carbocycles. The van der Waals surface area contributed by atoms with Crippen LogP contribution >= 0.6 is 0 Å². The third-order valence-corrected chi connectivity index (χ3v) is 6.87. The summed E-state index contributed by atoms with van der Waals surface area (Å²) in [5.41, 5.74) is 0. The Balaban J connectivity index is 1.56. The van der Waals surface area contributed by atoms with E-state index in [9.17, 15) is 18.0 Å². The number of rotatable bonds is 4. The topological polar surface area (TPSA) is 84.0 Å². The van der Waals surface area contributed by atoms with Gasteiger partial charge in [-0.2, -0.15) is 0 Å². The molecule has 3 saturated heterocycles. The van der Waals surface area contributed by atoms with Gasteiger partial charge in [0, 0.05) is 39.2 Å². The Labute approximate surface area is 136 Å². The fraction of sp³-hybridized carbons (Fsp3) is 0.867. The Bertz CT molecular complexity index is 585. The summed E-state index contributed by atoms with van der Waals surface area (Å²) in [4.78, 5) is 28.0. The monoisotopic (exact) mass is 344 g/mol. The molecule has 23 heavy (non-hydrogen) atoms. The molecule has 3 heterocycles. The lowest BCUT2D eigenvalue weighted by Gasteiger charge is -2.26. The van der Waals surface area contributed by atoms with Crippen molar-refractivity contribution in [2.45, 2.75) is 37.8 Å². The van der Waals surface area contributed by atoms with E-state index < -0.39 is 9.84 Å². The first-order chi connectivity index (χ1) is 10.9. The maximum Gasteiger partial charge on any atom is 0.228 e. The highest BCUT2D eigenvalue weighted by atomic mass is 32.2. The lowest BCUT2D eigenvalue weighted by molar-refractivity contribution is -0.136. The molecule has 0 aromatic carbocycles. The number of nitrogens with zero attached hydrogens (tertiary/aromatic N) is 2. The van der Waals surface area contributed by atoms with Gasteiger partial charge in [0.2, 0.25) is 11.8 Å². The van der Waals surface area contributed by atoms with Gasteiger partial charge in [0.1, 0.15) is 0 Å². The number of amides is 2. The largest absolute Gasteiger partial charge is 0.376 e. The summed E-state index contributed by atoms with van der Waals surface area (Å²) >= 11 is 0. The van der Waals surface area contributed by atoms with Gasteiger partial charge in [-0.05, 0) is 19.3 Å². The lowest BCUT2D eigenvalue weighted by atomic mass is 10.1. The third kappa shape index (κ3) is 3.68. The van der Waals surface area contributed by atoms with Crippen LogP contribution in [-0.2, 0) is 24.2 Å². The van der Waals surface area contributed by atoms with E-state index >= 15 is 0 Å². The number of ether oxygens (including phenoxy) is 1. The van der Waals surface area contributed by atoms with Crippen LogP contribution in [0.15, 0.2) is 0 Å². The zero-order valence-corrected chi connectivity index (χ0v) is 14.3. The van der Waals surface area contributed by atoms with E-state index in [2.05, 4.69) is 0 Å². The van der Waals surface area contributed by atoms with Crippen LogP contribution in [0.2, 0.25) is 0 Å². The second-order valence-corrected chi connectivity index (χ2v) is 9.07. The van der Waals surface area contributed by atoms with Gasteiger partial charge in [0.05, 0.1) is 23.5 Å². The zero-order valence-electron chi connectivity index (χ0n) is 13.4. The summed E-state index contributed by atoms with van der Waals surface area (Å²) in [5.74, 6) is -0.307. The molecular weight excluding hydrogens is 320 g/mol. The van der Waals surface area contributed by atoms with Gasteiger partial charge in [-0.3, -0.25) is 9.59 Å². The van der Waals surface area contributed by atoms with Crippen molar-refractivity contribution >= 4 is 21.7 Å². The molecule has 130 valence electrons. The second kappa shape index (κ2) is 6.39. The SMILES string of the molecule is CN(C(=O)C1CC(=O)N(CC2CCCO2)C1)C1CCS(=O)(=O)C1. The minimum Gasteiger partial charge on any atom is -0.376 e. The number of hydrogen-bond acceptors (Lipinski definition) is 5. The van der Waals surface area contributed by atoms with E-state index in [4.69, 9.17) is 4.74 Å². The molecule has 2 amide bonds. The summed E-state index contributed by atoms with van der Waals surface area (Å²) in [6.45, 7) is 1.72. The van der Waals surface area contributed by atoms with Crippen molar-refractivity contribution in [3.63, 3.8) is 0 Å². The van der Waals surface area contributed by atoms with E-state index in [1.807, 2.05) is 0 Å². The van der Waals surface area contributed by atoms with E-state index in [1.54, 1.807) is 11.9 Å². The Morgan fingerprint density at radius 3 is 2.78 bits per heavy atom. The minimum absolute atomic E-state index is 0.00806. The average Bonchev–Trinajstić information content (AvgIpc) is 3.20. The summed E-state index contributed by atoms with van der Waals surface area (Å²) in [7, 11) is -1.37. The van der Waals surface area contributed by atoms with E-state index in [0.717, 1.165) is 19.4 Å². The Morgan fingerprint density at radius 1 is 1.39 bits per heavy atom. The van der Waals surface area contributed by atoms with Gasteiger partial charge in [-0.25, -0.2) is 8.42 Å². The minimum atomic E-state index is -3.02. The van der Waals surface area contributed by atoms with Gasteiger partial charge in [-0.1, -0.05) is 0 Å². The maximum absolute atomic E-state index is 12.6. The number of carbonyl (C=O) groups excluding carboxylic acids is 2. The molecule has 3 rings (SSSR count). The first-order valence-electron chi connectivity index (χ1n) is 8.22. The van der Waals surface area contributed by atoms with Crippen LogP contribution in [0.3, 0.4) is 0 Å². The first kappa shape index (κ1) is 16.7. The Kier molecular flexibility index (Phi) is 4.64. The van der Waals surface area contributed by atoms with E-state index in [-0.39, 0.29) is 47.8 Å². The van der Waals surface area contributed by atoms with E-state index in [0.29, 0.717) is 19.5 Å². The average molecular weight is 344 g/mol. The molecule has 0 N–H and O–H groups in total. The molecule has 0 aromatic heterocycles. The summed E-state index contributed by atoms with van der Waals surface area (Å²) < 4.78 is 28.7. The van der Waals surface area contributed by atoms with Gasteiger partial charge in [-0.15, -0.1) is 0 Å². The molecule has 3 aliphatic heterocycles. The molecule has 0 spiro atoms. The predicted octanol–water partition coefficient (Wildman–Crippen LogP) is -0.341. The molecule has 0 bridgehead atoms. The Morgan fingerprint density at radius 2 is 2.17 bits per heavy atom. The van der Waals surface area contributed by atoms with Crippen LogP contribution in [0.5, 0.6) is 0 Å². The molecule has 3 unspecified atom stereocenters. The quantitative estimate of drug-likeness (QED) is 0.697. The highest BCUT2D eigenvalue weighted by Gasteiger charge is 2.40. The van der Waals surface area contributed by atoms with Crippen LogP contribution in [0.4, 0.5) is 0 Å². The number of hydrogen-bond donors (Lipinski definition) is 0. The molecule has 8 heteroatoms. The van der Waals surface area contributed by atoms with Crippen molar-refractivity contribution in [3.05, 3.63) is 0 Å². The van der Waals surface area contributed by atoms with Crippen molar-refractivity contribution < 1.29 is 22.7 Å². The number of sulfone groups is 1. The molecule has 0 saturated carbocycles. The fourth-order valence-electron chi connectivity index (χ4n) is 3.70. The van der Waals surface area contributed by atoms with Crippen LogP contribution in [0.25, 0.3) is 0 Å². The number of likely N-dealkylation sites (tertiary alicyclic amines) is 1. The van der Waals surface area contributed by atoms with Crippen LogP contribution < -0.4 is 0 Å². The summed E-state index contributed by atoms with van der Waals surface area (Å²) in [6, 6.07) is -0.255. The molecule has 7 nitrogen and oxygen atoms in total. The lowest BCUT2D eigenvalue weighted by Crippen LogP contribution is -2.42. The highest BCUT2D eigenvalue weighted by molar-refractivity contribution is 7.91. The van der Waals surface area contributed by atoms with Crippen molar-refractivity contribution in [3.8, 4) is 0 Å². The predicted molar refractivity (Wildman–Crippen MR) is 83.5 cm³/mol. The first-order valence-corrected chi connectivity index (χ1v) is 10.0. The second-order valence-electron chi connectivity index (χ2n) is 6.84. The third-order valence-electron chi connectivity index (χ3n) is 5.12. The van der Waals surface area contributed by atoms with Crippen LogP contribution in [0.1, 0.15) is 25.7 Å². The molecule has 3 aliphatic rings. The van der Waals surface area contributed by atoms with Gasteiger partial charge >= 0.3 is 0 Å². The summed E-state index contributed by atoms with van der Waals surface area (Å²) in [5, 5.41) is 0. The highest BCUT2D eigenvalue weighted by Crippen LogP contribution is 2.25. The zero-order chi connectivity index (χ0) is 16.6. The van der Waals surface area contributed by atoms with Crippen molar-refractivity contribution in [2.24, 2.45) is 5.92 Å². The summed E-state index contributed by atoms with van der Waals surface area (Å²) in [6.07, 6.45) is 2.78. The Hall–Kier alpha value is -1.15. The normalized spacial score (nSPS) is 33.3. The fourth-order valence-corrected chi connectivity index (χ4v) is 5.47. The van der Waals surface area contributed by atoms with Crippen molar-refractivity contribution in [1.29, 1.82) is 0 Å². The van der Waals surface area contributed by atoms with Gasteiger partial charge < -0.3 is 14.5 Å². The standard InChI is InChI=1S/C15H24N2O5S/c1-16(12-4-6-23(20,21)10-12)15(19)11-7-14(18)17(8-11)9-13-3-2-5-22-13/h11-13H,2-10H2,1H3. The molecule has 0 radical (unpaired) electrons. The van der Waals surface area contributed by atoms with Gasteiger partial charge in [0.15, 0.2) is 9.84 Å². The van der Waals surface area contributed by atoms with Crippen LogP contribution in [-0.4, -0.2) is 80.4 Å². The van der Waals surface area contributed by atoms with Crippen molar-refractivity contribution in [2.75, 3.05) is 38.2 Å².